The number of hydrogen-bond acceptors (Lipinski definition) is 11. The Hall–Kier alpha value is -5.92. The quantitative estimate of drug-likeness (QED) is 0.0543. The predicted molar refractivity (Wildman–Crippen MR) is 241 cm³/mol. The summed E-state index contributed by atoms with van der Waals surface area (Å²) in [7, 11) is 0. The van der Waals surface area contributed by atoms with Gasteiger partial charge in [-0.15, -0.1) is 0 Å². The average molecular weight is 862 g/mol. The minimum absolute atomic E-state index is 0.0184. The smallest absolute Gasteiger partial charge is 0.274 e. The second-order valence-corrected chi connectivity index (χ2v) is 16.5. The number of nitrogens with zero attached hydrogens (tertiary/aromatic N) is 5. The van der Waals surface area contributed by atoms with Gasteiger partial charge in [0.2, 0.25) is 0 Å². The average Bonchev–Trinajstić information content (AvgIpc) is 3.28. The highest BCUT2D eigenvalue weighted by atomic mass is 35.5. The number of nitrogens with one attached hydrogen (secondary N) is 1. The number of aryl methyl sites for hydroxylation is 4. The van der Waals surface area contributed by atoms with Gasteiger partial charge in [0, 0.05) is 49.5 Å². The third-order valence-corrected chi connectivity index (χ3v) is 11.6. The van der Waals surface area contributed by atoms with E-state index in [-0.39, 0.29) is 53.3 Å². The van der Waals surface area contributed by atoms with Crippen LogP contribution >= 0.6 is 11.6 Å². The van der Waals surface area contributed by atoms with E-state index in [0.717, 1.165) is 106 Å². The van der Waals surface area contributed by atoms with Gasteiger partial charge in [-0.25, -0.2) is 9.97 Å². The molecule has 2 aromatic carbocycles. The van der Waals surface area contributed by atoms with E-state index in [0.29, 0.717) is 24.3 Å². The Balaban J connectivity index is 0.992. The van der Waals surface area contributed by atoms with Gasteiger partial charge in [-0.1, -0.05) is 48.0 Å². The van der Waals surface area contributed by atoms with Gasteiger partial charge in [-0.2, -0.15) is 0 Å². The summed E-state index contributed by atoms with van der Waals surface area (Å²) in [5.41, 5.74) is 16.1. The van der Waals surface area contributed by atoms with Crippen LogP contribution in [0.2, 0.25) is 5.15 Å². The van der Waals surface area contributed by atoms with E-state index >= 15 is 0 Å². The molecule has 1 fully saturated rings. The number of nitrogen functional groups attached to an aromatic ring is 2. The molecule has 0 saturated carbocycles. The van der Waals surface area contributed by atoms with E-state index in [2.05, 4.69) is 49.5 Å². The molecular weight excluding hydrogens is 804 g/mol. The summed E-state index contributed by atoms with van der Waals surface area (Å²) in [6.45, 7) is 3.76. The van der Waals surface area contributed by atoms with Crippen LogP contribution in [0, 0.1) is 0 Å². The van der Waals surface area contributed by atoms with Crippen LogP contribution < -0.4 is 26.3 Å². The number of nitrogens with two attached hydrogens (primary N) is 2. The molecule has 0 spiro atoms. The number of carbonyl (C=O) groups is 3. The number of carbonyl (C=O) groups excluding carboxylic acids is 3. The zero-order valence-corrected chi connectivity index (χ0v) is 36.1. The van der Waals surface area contributed by atoms with Crippen molar-refractivity contribution in [1.82, 2.24) is 25.3 Å². The van der Waals surface area contributed by atoms with Crippen molar-refractivity contribution in [2.24, 2.45) is 0 Å². The van der Waals surface area contributed by atoms with Crippen LogP contribution in [-0.2, 0) is 35.3 Å². The number of pyridine rings is 2. The normalized spacial score (nSPS) is 14.5. The van der Waals surface area contributed by atoms with Gasteiger partial charge in [0.15, 0.2) is 34.0 Å². The van der Waals surface area contributed by atoms with Crippen molar-refractivity contribution in [3.05, 3.63) is 131 Å². The van der Waals surface area contributed by atoms with Crippen molar-refractivity contribution in [2.45, 2.75) is 83.1 Å². The second-order valence-electron chi connectivity index (χ2n) is 16.1. The van der Waals surface area contributed by atoms with Gasteiger partial charge in [0.25, 0.3) is 5.91 Å². The Bertz CT molecular complexity index is 2080. The number of benzene rings is 2. The van der Waals surface area contributed by atoms with Crippen molar-refractivity contribution >= 4 is 40.7 Å². The second kappa shape index (κ2) is 23.3. The number of aromatic nitrogens is 4. The van der Waals surface area contributed by atoms with E-state index in [4.69, 9.17) is 32.5 Å². The van der Waals surface area contributed by atoms with Crippen molar-refractivity contribution in [3.63, 3.8) is 0 Å². The molecule has 1 amide bonds. The lowest BCUT2D eigenvalue weighted by Crippen LogP contribution is -2.60. The van der Waals surface area contributed by atoms with Gasteiger partial charge in [-0.3, -0.25) is 24.4 Å². The van der Waals surface area contributed by atoms with Crippen molar-refractivity contribution in [1.29, 1.82) is 0 Å². The van der Waals surface area contributed by atoms with Crippen LogP contribution in [0.5, 0.6) is 11.5 Å². The number of piperidine rings is 1. The summed E-state index contributed by atoms with van der Waals surface area (Å²) in [5, 5.41) is 3.11. The summed E-state index contributed by atoms with van der Waals surface area (Å²) < 4.78 is 12.5. The van der Waals surface area contributed by atoms with Crippen LogP contribution in [0.1, 0.15) is 84.4 Å². The molecule has 0 aliphatic carbocycles. The largest absolute Gasteiger partial charge is 0.486 e. The summed E-state index contributed by atoms with van der Waals surface area (Å²) in [4.78, 5) is 55.0. The Morgan fingerprint density at radius 3 is 1.71 bits per heavy atom. The SMILES string of the molecule is Nc1nc(N)c(C(=O)N[C@H]2CCC[N+](CCCc3ccc(OCC(=O)CCCc4ccccn4)cc3)(CCCc3ccc(OCC(=O)CCCc4ccccn4)cc3)C2)nc1Cl. The third-order valence-electron chi connectivity index (χ3n) is 11.3. The van der Waals surface area contributed by atoms with Crippen LogP contribution in [0.15, 0.2) is 97.3 Å². The zero-order valence-electron chi connectivity index (χ0n) is 35.4. The first kappa shape index (κ1) is 45.6. The molecule has 1 aliphatic rings. The number of hydrogen-bond donors (Lipinski definition) is 3. The first-order chi connectivity index (χ1) is 30.1. The molecule has 6 rings (SSSR count). The molecular formula is C48H58ClN8O5+. The van der Waals surface area contributed by atoms with Crippen LogP contribution in [0.4, 0.5) is 11.6 Å². The summed E-state index contributed by atoms with van der Waals surface area (Å²) >= 11 is 6.09. The fraction of sp³-hybridized carbons (Fsp3) is 0.396. The lowest BCUT2D eigenvalue weighted by atomic mass is 9.99. The molecule has 0 unspecified atom stereocenters. The molecule has 1 atom stereocenters. The monoisotopic (exact) mass is 861 g/mol. The maximum Gasteiger partial charge on any atom is 0.274 e. The zero-order chi connectivity index (χ0) is 43.6. The van der Waals surface area contributed by atoms with Crippen LogP contribution in [0.3, 0.4) is 0 Å². The maximum atomic E-state index is 13.4. The Labute approximate surface area is 369 Å². The number of ketones is 2. The van der Waals surface area contributed by atoms with Gasteiger partial charge in [0.05, 0.1) is 32.2 Å². The molecule has 4 heterocycles. The number of anilines is 2. The molecule has 3 aromatic heterocycles. The number of Topliss-reactive ketones (excluding diaryl/α,β-unsaturated/α-hetero) is 2. The molecule has 5 N–H and O–H groups in total. The standard InChI is InChI=1S/C48H57ClN8O5/c49-45-47(51)56-46(50)44(55-45)48(60)54-39-16-9-31-57(32-39,29-7-10-35-19-23-42(24-20-35)61-33-40(58)17-5-14-37-12-1-3-27-52-37)30-8-11-36-21-25-43(26-22-36)62-34-41(59)18-6-15-38-13-2-4-28-53-38/h1-4,12-13,19-28,39H,5-11,14-18,29-34H2,(H4-,50,51,54,56,60)/p+1/t39-/m0/s1. The Kier molecular flexibility index (Phi) is 17.2. The molecule has 326 valence electrons. The fourth-order valence-corrected chi connectivity index (χ4v) is 8.19. The summed E-state index contributed by atoms with van der Waals surface area (Å²) in [6.07, 6.45) is 12.9. The minimum Gasteiger partial charge on any atom is -0.486 e. The number of likely N-dealkylation sites (tertiary alicyclic amines) is 1. The number of quaternary nitrogens is 1. The third kappa shape index (κ3) is 14.6. The highest BCUT2D eigenvalue weighted by Gasteiger charge is 2.35. The van der Waals surface area contributed by atoms with Gasteiger partial charge in [0.1, 0.15) is 24.7 Å². The molecule has 62 heavy (non-hydrogen) atoms. The number of ether oxygens (including phenoxy) is 2. The number of rotatable bonds is 24. The molecule has 14 heteroatoms. The predicted octanol–water partition coefficient (Wildman–Crippen LogP) is 7.00. The molecule has 5 aromatic rings. The first-order valence-electron chi connectivity index (χ1n) is 21.6. The Morgan fingerprint density at radius 1 is 0.677 bits per heavy atom. The highest BCUT2D eigenvalue weighted by Crippen LogP contribution is 2.25. The summed E-state index contributed by atoms with van der Waals surface area (Å²) in [5.74, 6) is 1.01. The van der Waals surface area contributed by atoms with E-state index in [1.807, 2.05) is 60.7 Å². The van der Waals surface area contributed by atoms with Gasteiger partial charge in [-0.05, 0) is 111 Å². The van der Waals surface area contributed by atoms with Crippen molar-refractivity contribution in [2.75, 3.05) is 50.9 Å². The van der Waals surface area contributed by atoms with Gasteiger partial charge < -0.3 is 30.7 Å². The number of halogens is 1. The van der Waals surface area contributed by atoms with Crippen LogP contribution in [0.25, 0.3) is 0 Å². The van der Waals surface area contributed by atoms with E-state index in [1.54, 1.807) is 12.4 Å². The molecule has 13 nitrogen and oxygen atoms in total. The first-order valence-corrected chi connectivity index (χ1v) is 22.0. The molecule has 0 bridgehead atoms. The maximum absolute atomic E-state index is 13.4. The van der Waals surface area contributed by atoms with Crippen molar-refractivity contribution < 1.29 is 28.3 Å². The van der Waals surface area contributed by atoms with Gasteiger partial charge >= 0.3 is 0 Å². The molecule has 0 radical (unpaired) electrons. The fourth-order valence-electron chi connectivity index (χ4n) is 8.06. The lowest BCUT2D eigenvalue weighted by molar-refractivity contribution is -0.933. The van der Waals surface area contributed by atoms with E-state index < -0.39 is 5.91 Å². The van der Waals surface area contributed by atoms with E-state index in [1.165, 1.54) is 11.1 Å². The minimum atomic E-state index is -0.413. The van der Waals surface area contributed by atoms with Crippen molar-refractivity contribution in [3.8, 4) is 11.5 Å². The molecule has 1 saturated heterocycles. The lowest BCUT2D eigenvalue weighted by Gasteiger charge is -2.45. The highest BCUT2D eigenvalue weighted by molar-refractivity contribution is 6.31. The van der Waals surface area contributed by atoms with Crippen LogP contribution in [-0.4, -0.2) is 87.3 Å². The Morgan fingerprint density at radius 2 is 1.21 bits per heavy atom. The number of amides is 1. The van der Waals surface area contributed by atoms with E-state index in [9.17, 15) is 14.4 Å². The topological polar surface area (TPSA) is 185 Å². The molecule has 1 aliphatic heterocycles. The summed E-state index contributed by atoms with van der Waals surface area (Å²) in [6, 6.07) is 27.6.